The third kappa shape index (κ3) is 4.82. The van der Waals surface area contributed by atoms with E-state index in [1.807, 2.05) is 4.90 Å². The zero-order valence-electron chi connectivity index (χ0n) is 18.1. The minimum atomic E-state index is -0.650. The summed E-state index contributed by atoms with van der Waals surface area (Å²) in [4.78, 5) is 52.1. The molecule has 0 aliphatic carbocycles. The van der Waals surface area contributed by atoms with Crippen molar-refractivity contribution in [1.82, 2.24) is 19.9 Å². The molecule has 0 radical (unpaired) electrons. The molecule has 0 atom stereocenters. The molecule has 1 N–H and O–H groups in total. The maximum absolute atomic E-state index is 14.0. The van der Waals surface area contributed by atoms with Gasteiger partial charge in [-0.15, -0.1) is 0 Å². The Morgan fingerprint density at radius 3 is 2.61 bits per heavy atom. The number of hydrogen-bond donors (Lipinski definition) is 1. The summed E-state index contributed by atoms with van der Waals surface area (Å²) in [5, 5.41) is 0.284. The van der Waals surface area contributed by atoms with Crippen molar-refractivity contribution in [2.75, 3.05) is 43.9 Å². The Labute approximate surface area is 193 Å². The average molecular weight is 472 g/mol. The second kappa shape index (κ2) is 9.57. The van der Waals surface area contributed by atoms with Crippen molar-refractivity contribution >= 4 is 40.4 Å². The highest BCUT2D eigenvalue weighted by Gasteiger charge is 2.23. The fourth-order valence-electron chi connectivity index (χ4n) is 3.71. The van der Waals surface area contributed by atoms with Crippen molar-refractivity contribution < 1.29 is 18.7 Å². The van der Waals surface area contributed by atoms with Crippen LogP contribution in [-0.2, 0) is 9.53 Å². The summed E-state index contributed by atoms with van der Waals surface area (Å²) in [6.07, 6.45) is 0. The van der Waals surface area contributed by atoms with Crippen LogP contribution in [0.5, 0.6) is 0 Å². The Balaban J connectivity index is 1.42. The SMILES string of the molecule is COC(=O)c1cc(C)nc2nc(SCC(=O)N3CCN(c4ccccc4F)CC3)[nH]c(=O)c12. The quantitative estimate of drug-likeness (QED) is 0.342. The van der Waals surface area contributed by atoms with Gasteiger partial charge in [0.15, 0.2) is 10.8 Å². The molecule has 1 aromatic carbocycles. The molecule has 4 rings (SSSR count). The molecular weight excluding hydrogens is 449 g/mol. The predicted molar refractivity (Wildman–Crippen MR) is 122 cm³/mol. The van der Waals surface area contributed by atoms with Crippen LogP contribution in [0.2, 0.25) is 0 Å². The number of H-pyrrole nitrogens is 1. The Bertz CT molecular complexity index is 1270. The molecule has 172 valence electrons. The lowest BCUT2D eigenvalue weighted by molar-refractivity contribution is -0.128. The van der Waals surface area contributed by atoms with Crippen molar-refractivity contribution in [1.29, 1.82) is 0 Å². The fourth-order valence-corrected chi connectivity index (χ4v) is 4.47. The smallest absolute Gasteiger partial charge is 0.338 e. The van der Waals surface area contributed by atoms with E-state index in [9.17, 15) is 18.8 Å². The number of piperazine rings is 1. The normalized spacial score (nSPS) is 13.9. The number of halogens is 1. The summed E-state index contributed by atoms with van der Waals surface area (Å²) in [5.41, 5.74) is 0.731. The number of nitrogens with zero attached hydrogens (tertiary/aromatic N) is 4. The Morgan fingerprint density at radius 1 is 1.18 bits per heavy atom. The van der Waals surface area contributed by atoms with Crippen LogP contribution in [0.3, 0.4) is 0 Å². The number of fused-ring (bicyclic) bond motifs is 1. The Morgan fingerprint density at radius 2 is 1.91 bits per heavy atom. The van der Waals surface area contributed by atoms with E-state index in [0.717, 1.165) is 11.8 Å². The maximum Gasteiger partial charge on any atom is 0.338 e. The molecule has 3 aromatic rings. The van der Waals surface area contributed by atoms with Crippen molar-refractivity contribution in [2.45, 2.75) is 12.1 Å². The molecule has 11 heteroatoms. The van der Waals surface area contributed by atoms with Gasteiger partial charge in [-0.05, 0) is 25.1 Å². The first-order valence-corrected chi connectivity index (χ1v) is 11.3. The number of hydrogen-bond acceptors (Lipinski definition) is 8. The molecule has 1 aliphatic rings. The van der Waals surface area contributed by atoms with Gasteiger partial charge in [0.1, 0.15) is 5.82 Å². The summed E-state index contributed by atoms with van der Waals surface area (Å²) in [6.45, 7) is 3.69. The number of aromatic amines is 1. The molecular formula is C22H22FN5O4S. The van der Waals surface area contributed by atoms with Crippen molar-refractivity contribution in [3.8, 4) is 0 Å². The van der Waals surface area contributed by atoms with Crippen molar-refractivity contribution in [3.63, 3.8) is 0 Å². The molecule has 1 amide bonds. The average Bonchev–Trinajstić information content (AvgIpc) is 2.81. The largest absolute Gasteiger partial charge is 0.465 e. The van der Waals surface area contributed by atoms with Gasteiger partial charge in [-0.2, -0.15) is 0 Å². The summed E-state index contributed by atoms with van der Waals surface area (Å²) >= 11 is 1.09. The molecule has 33 heavy (non-hydrogen) atoms. The number of carbonyl (C=O) groups excluding carboxylic acids is 2. The first-order chi connectivity index (χ1) is 15.9. The third-order valence-electron chi connectivity index (χ3n) is 5.35. The number of para-hydroxylation sites is 1. The van der Waals surface area contributed by atoms with Gasteiger partial charge in [0.25, 0.3) is 5.56 Å². The van der Waals surface area contributed by atoms with E-state index in [0.29, 0.717) is 37.6 Å². The lowest BCUT2D eigenvalue weighted by Crippen LogP contribution is -2.49. The maximum atomic E-state index is 14.0. The topological polar surface area (TPSA) is 108 Å². The van der Waals surface area contributed by atoms with Gasteiger partial charge in [0.05, 0.1) is 29.5 Å². The number of ether oxygens (including phenoxy) is 1. The summed E-state index contributed by atoms with van der Waals surface area (Å²) in [5.74, 6) is -0.964. The zero-order valence-corrected chi connectivity index (χ0v) is 18.9. The van der Waals surface area contributed by atoms with E-state index in [1.165, 1.54) is 19.2 Å². The van der Waals surface area contributed by atoms with E-state index in [2.05, 4.69) is 15.0 Å². The first kappa shape index (κ1) is 22.7. The number of carbonyl (C=O) groups is 2. The molecule has 1 fully saturated rings. The highest BCUT2D eigenvalue weighted by atomic mass is 32.2. The van der Waals surface area contributed by atoms with E-state index in [1.54, 1.807) is 30.0 Å². The first-order valence-electron chi connectivity index (χ1n) is 10.3. The van der Waals surface area contributed by atoms with Gasteiger partial charge < -0.3 is 19.5 Å². The number of benzene rings is 1. The van der Waals surface area contributed by atoms with Crippen LogP contribution in [0.4, 0.5) is 10.1 Å². The second-order valence-electron chi connectivity index (χ2n) is 7.48. The lowest BCUT2D eigenvalue weighted by Gasteiger charge is -2.36. The molecule has 2 aromatic heterocycles. The van der Waals surface area contributed by atoms with Crippen LogP contribution < -0.4 is 10.5 Å². The molecule has 0 unspecified atom stereocenters. The number of amides is 1. The third-order valence-corrected chi connectivity index (χ3v) is 6.20. The molecule has 1 saturated heterocycles. The molecule has 9 nitrogen and oxygen atoms in total. The number of rotatable bonds is 5. The standard InChI is InChI=1S/C22H22FN5O4S/c1-13-11-14(21(31)32-2)18-19(24-13)25-22(26-20(18)30)33-12-17(29)28-9-7-27(8-10-28)16-6-4-3-5-15(16)23/h3-6,11H,7-10,12H2,1-2H3,(H,24,25,26,30). The van der Waals surface area contributed by atoms with Crippen LogP contribution in [0.15, 0.2) is 40.3 Å². The molecule has 0 saturated carbocycles. The van der Waals surface area contributed by atoms with Gasteiger partial charge in [0.2, 0.25) is 5.91 Å². The Kier molecular flexibility index (Phi) is 6.59. The van der Waals surface area contributed by atoms with Gasteiger partial charge in [0, 0.05) is 31.9 Å². The monoisotopic (exact) mass is 471 g/mol. The number of esters is 1. The van der Waals surface area contributed by atoms with Crippen LogP contribution in [-0.4, -0.2) is 70.8 Å². The summed E-state index contributed by atoms with van der Waals surface area (Å²) < 4.78 is 18.8. The van der Waals surface area contributed by atoms with E-state index in [4.69, 9.17) is 4.74 Å². The van der Waals surface area contributed by atoms with Gasteiger partial charge in [-0.1, -0.05) is 23.9 Å². The number of nitrogens with one attached hydrogen (secondary N) is 1. The van der Waals surface area contributed by atoms with Crippen LogP contribution in [0.1, 0.15) is 16.1 Å². The van der Waals surface area contributed by atoms with Gasteiger partial charge in [-0.3, -0.25) is 9.59 Å². The number of methoxy groups -OCH3 is 1. The van der Waals surface area contributed by atoms with Crippen LogP contribution >= 0.6 is 11.8 Å². The summed E-state index contributed by atoms with van der Waals surface area (Å²) in [7, 11) is 1.23. The molecule has 3 heterocycles. The van der Waals surface area contributed by atoms with Gasteiger partial charge in [-0.25, -0.2) is 19.2 Å². The Hall–Kier alpha value is -3.47. The second-order valence-corrected chi connectivity index (χ2v) is 8.44. The minimum Gasteiger partial charge on any atom is -0.465 e. The number of anilines is 1. The van der Waals surface area contributed by atoms with E-state index >= 15 is 0 Å². The van der Waals surface area contributed by atoms with Crippen LogP contribution in [0, 0.1) is 12.7 Å². The zero-order chi connectivity index (χ0) is 23.5. The molecule has 1 aliphatic heterocycles. The van der Waals surface area contributed by atoms with Crippen molar-refractivity contribution in [3.05, 3.63) is 57.8 Å². The predicted octanol–water partition coefficient (Wildman–Crippen LogP) is 1.99. The number of pyridine rings is 1. The molecule has 0 bridgehead atoms. The minimum absolute atomic E-state index is 0.0485. The van der Waals surface area contributed by atoms with Gasteiger partial charge >= 0.3 is 5.97 Å². The van der Waals surface area contributed by atoms with Crippen LogP contribution in [0.25, 0.3) is 11.0 Å². The van der Waals surface area contributed by atoms with E-state index < -0.39 is 11.5 Å². The van der Waals surface area contributed by atoms with E-state index in [-0.39, 0.29) is 39.2 Å². The molecule has 0 spiro atoms. The fraction of sp³-hybridized carbons (Fsp3) is 0.318. The lowest BCUT2D eigenvalue weighted by atomic mass is 10.1. The number of thioether (sulfide) groups is 1. The van der Waals surface area contributed by atoms with Crippen molar-refractivity contribution in [2.24, 2.45) is 0 Å². The summed E-state index contributed by atoms with van der Waals surface area (Å²) in [6, 6.07) is 8.06. The number of aromatic nitrogens is 3. The number of aryl methyl sites for hydroxylation is 1. The highest BCUT2D eigenvalue weighted by Crippen LogP contribution is 2.22. The highest BCUT2D eigenvalue weighted by molar-refractivity contribution is 7.99.